The molecule has 2 fully saturated rings. The number of hydrogen-bond donors (Lipinski definition) is 3. The fraction of sp³-hybridized carbons (Fsp3) is 0.533. The van der Waals surface area contributed by atoms with Gasteiger partial charge in [0.2, 0.25) is 0 Å². The van der Waals surface area contributed by atoms with Crippen LogP contribution >= 0.6 is 0 Å². The first kappa shape index (κ1) is 19.0. The van der Waals surface area contributed by atoms with Gasteiger partial charge in [-0.05, 0) is 19.1 Å². The molecule has 3 heterocycles. The summed E-state index contributed by atoms with van der Waals surface area (Å²) >= 11 is 0. The number of nitrogens with one attached hydrogen (secondary N) is 2. The van der Waals surface area contributed by atoms with Crippen molar-refractivity contribution in [2.75, 3.05) is 38.1 Å². The number of rotatable bonds is 2. The number of carboxylic acid groups (broad SMARTS) is 1. The predicted molar refractivity (Wildman–Crippen MR) is 83.6 cm³/mol. The minimum Gasteiger partial charge on any atom is -0.475 e. The van der Waals surface area contributed by atoms with Crippen molar-refractivity contribution in [3.05, 3.63) is 23.5 Å². The summed E-state index contributed by atoms with van der Waals surface area (Å²) in [5, 5.41) is 13.0. The van der Waals surface area contributed by atoms with Crippen molar-refractivity contribution in [2.24, 2.45) is 5.41 Å². The molecule has 0 saturated carbocycles. The molecule has 1 spiro atoms. The number of aryl methyl sites for hydroxylation is 1. The lowest BCUT2D eigenvalue weighted by molar-refractivity contribution is -0.192. The zero-order valence-corrected chi connectivity index (χ0v) is 13.8. The van der Waals surface area contributed by atoms with Crippen LogP contribution in [0.25, 0.3) is 0 Å². The average Bonchev–Trinajstić information content (AvgIpc) is 2.44. The number of hydrogen-bond acceptors (Lipinski definition) is 5. The van der Waals surface area contributed by atoms with E-state index in [-0.39, 0.29) is 5.91 Å². The third-order valence-corrected chi connectivity index (χ3v) is 4.15. The summed E-state index contributed by atoms with van der Waals surface area (Å²) in [6.07, 6.45) is -5.08. The second-order valence-corrected chi connectivity index (χ2v) is 6.14. The number of carbonyl (C=O) groups excluding carboxylic acids is 1. The van der Waals surface area contributed by atoms with Crippen LogP contribution in [0.5, 0.6) is 0 Å². The third-order valence-electron chi connectivity index (χ3n) is 4.15. The molecule has 1 aromatic heterocycles. The highest BCUT2D eigenvalue weighted by atomic mass is 19.4. The maximum Gasteiger partial charge on any atom is 0.490 e. The molecule has 3 N–H and O–H groups in total. The first-order chi connectivity index (χ1) is 11.6. The monoisotopic (exact) mass is 360 g/mol. The normalized spacial score (nSPS) is 17.7. The number of pyridine rings is 1. The lowest BCUT2D eigenvalue weighted by Crippen LogP contribution is -2.71. The van der Waals surface area contributed by atoms with E-state index in [4.69, 9.17) is 9.90 Å². The van der Waals surface area contributed by atoms with Crippen molar-refractivity contribution in [3.63, 3.8) is 0 Å². The van der Waals surface area contributed by atoms with E-state index in [1.807, 2.05) is 13.0 Å². The summed E-state index contributed by atoms with van der Waals surface area (Å²) < 4.78 is 31.7. The van der Waals surface area contributed by atoms with Crippen LogP contribution < -0.4 is 15.5 Å². The van der Waals surface area contributed by atoms with Crippen LogP contribution in [0, 0.1) is 12.3 Å². The van der Waals surface area contributed by atoms with E-state index in [1.165, 1.54) is 0 Å². The SMILES string of the molecule is CNC(=O)c1ccc(N2CC3(CNC3)C2)c(C)n1.O=C(O)C(F)(F)F. The Morgan fingerprint density at radius 1 is 1.32 bits per heavy atom. The third kappa shape index (κ3) is 4.19. The van der Waals surface area contributed by atoms with Crippen LogP contribution in [0.1, 0.15) is 16.2 Å². The summed E-state index contributed by atoms with van der Waals surface area (Å²) in [5.74, 6) is -2.89. The van der Waals surface area contributed by atoms with Crippen LogP contribution in [0.2, 0.25) is 0 Å². The number of alkyl halides is 3. The van der Waals surface area contributed by atoms with Gasteiger partial charge < -0.3 is 20.6 Å². The molecule has 0 aliphatic carbocycles. The van der Waals surface area contributed by atoms with E-state index in [0.717, 1.165) is 37.6 Å². The number of aliphatic carboxylic acids is 1. The first-order valence-corrected chi connectivity index (χ1v) is 7.53. The lowest BCUT2D eigenvalue weighted by atomic mass is 9.74. The Labute approximate surface area is 142 Å². The summed E-state index contributed by atoms with van der Waals surface area (Å²) in [6, 6.07) is 3.80. The van der Waals surface area contributed by atoms with E-state index in [1.54, 1.807) is 13.1 Å². The van der Waals surface area contributed by atoms with E-state index >= 15 is 0 Å². The smallest absolute Gasteiger partial charge is 0.475 e. The number of carbonyl (C=O) groups is 2. The van der Waals surface area contributed by atoms with Gasteiger partial charge in [-0.2, -0.15) is 13.2 Å². The molecule has 1 amide bonds. The number of halogens is 3. The van der Waals surface area contributed by atoms with E-state index in [9.17, 15) is 18.0 Å². The number of aromatic nitrogens is 1. The van der Waals surface area contributed by atoms with Crippen LogP contribution in [-0.4, -0.2) is 61.4 Å². The van der Waals surface area contributed by atoms with Crippen molar-refractivity contribution in [1.29, 1.82) is 0 Å². The molecule has 0 unspecified atom stereocenters. The molecule has 1 aromatic rings. The predicted octanol–water partition coefficient (Wildman–Crippen LogP) is 0.793. The van der Waals surface area contributed by atoms with Gasteiger partial charge >= 0.3 is 12.1 Å². The molecule has 3 rings (SSSR count). The Morgan fingerprint density at radius 2 is 1.88 bits per heavy atom. The number of amides is 1. The van der Waals surface area contributed by atoms with Crippen molar-refractivity contribution in [3.8, 4) is 0 Å². The van der Waals surface area contributed by atoms with Gasteiger partial charge in [0, 0.05) is 38.6 Å². The minimum absolute atomic E-state index is 0.132. The topological polar surface area (TPSA) is 94.6 Å². The second-order valence-electron chi connectivity index (χ2n) is 6.14. The Bertz CT molecular complexity index is 666. The molecule has 0 aromatic carbocycles. The van der Waals surface area contributed by atoms with Gasteiger partial charge in [-0.25, -0.2) is 9.78 Å². The Morgan fingerprint density at radius 3 is 2.24 bits per heavy atom. The highest BCUT2D eigenvalue weighted by Crippen LogP contribution is 2.38. The molecule has 25 heavy (non-hydrogen) atoms. The quantitative estimate of drug-likeness (QED) is 0.722. The summed E-state index contributed by atoms with van der Waals surface area (Å²) in [6.45, 7) is 6.42. The molecule has 2 saturated heterocycles. The Hall–Kier alpha value is -2.36. The number of carboxylic acids is 1. The fourth-order valence-electron chi connectivity index (χ4n) is 2.78. The van der Waals surface area contributed by atoms with Gasteiger partial charge in [0.1, 0.15) is 5.69 Å². The van der Waals surface area contributed by atoms with E-state index in [0.29, 0.717) is 11.1 Å². The van der Waals surface area contributed by atoms with Crippen molar-refractivity contribution in [2.45, 2.75) is 13.1 Å². The van der Waals surface area contributed by atoms with Gasteiger partial charge in [0.25, 0.3) is 5.91 Å². The zero-order valence-electron chi connectivity index (χ0n) is 13.8. The molecule has 0 atom stereocenters. The van der Waals surface area contributed by atoms with Gasteiger partial charge in [-0.3, -0.25) is 4.79 Å². The number of anilines is 1. The van der Waals surface area contributed by atoms with Gasteiger partial charge in [-0.1, -0.05) is 0 Å². The molecule has 2 aliphatic heterocycles. The first-order valence-electron chi connectivity index (χ1n) is 7.53. The van der Waals surface area contributed by atoms with Crippen LogP contribution in [-0.2, 0) is 4.79 Å². The van der Waals surface area contributed by atoms with Gasteiger partial charge in [0.15, 0.2) is 0 Å². The molecular formula is C15H19F3N4O3. The Balaban J connectivity index is 0.000000277. The van der Waals surface area contributed by atoms with E-state index < -0.39 is 12.1 Å². The molecule has 10 heteroatoms. The maximum absolute atomic E-state index is 11.5. The summed E-state index contributed by atoms with van der Waals surface area (Å²) in [4.78, 5) is 27.1. The largest absolute Gasteiger partial charge is 0.490 e. The standard InChI is InChI=1S/C13H18N4O.C2HF3O2/c1-9-11(4-3-10(16-9)12(18)14-2)17-7-13(8-17)5-15-6-13;3-2(4,5)1(6)7/h3-4,15H,5-8H2,1-2H3,(H,14,18);(H,6,7). The molecular weight excluding hydrogens is 341 g/mol. The molecule has 7 nitrogen and oxygen atoms in total. The maximum atomic E-state index is 11.5. The Kier molecular flexibility index (Phi) is 5.21. The highest BCUT2D eigenvalue weighted by molar-refractivity contribution is 5.92. The second kappa shape index (κ2) is 6.87. The number of nitrogens with zero attached hydrogens (tertiary/aromatic N) is 2. The average molecular weight is 360 g/mol. The minimum atomic E-state index is -5.08. The fourth-order valence-corrected chi connectivity index (χ4v) is 2.78. The van der Waals surface area contributed by atoms with Crippen molar-refractivity contribution >= 4 is 17.6 Å². The summed E-state index contributed by atoms with van der Waals surface area (Å²) in [7, 11) is 1.62. The van der Waals surface area contributed by atoms with Crippen LogP contribution in [0.4, 0.5) is 18.9 Å². The van der Waals surface area contributed by atoms with Gasteiger partial charge in [-0.15, -0.1) is 0 Å². The molecule has 138 valence electrons. The van der Waals surface area contributed by atoms with E-state index in [2.05, 4.69) is 20.5 Å². The highest BCUT2D eigenvalue weighted by Gasteiger charge is 2.47. The zero-order chi connectivity index (χ0) is 18.8. The lowest BCUT2D eigenvalue weighted by Gasteiger charge is -2.57. The van der Waals surface area contributed by atoms with Crippen molar-refractivity contribution in [1.82, 2.24) is 15.6 Å². The van der Waals surface area contributed by atoms with Crippen molar-refractivity contribution < 1.29 is 27.9 Å². The molecule has 0 radical (unpaired) electrons. The molecule has 0 bridgehead atoms. The van der Waals surface area contributed by atoms with Crippen LogP contribution in [0.3, 0.4) is 0 Å². The summed E-state index contributed by atoms with van der Waals surface area (Å²) in [5.41, 5.74) is 3.07. The van der Waals surface area contributed by atoms with Crippen LogP contribution in [0.15, 0.2) is 12.1 Å². The van der Waals surface area contributed by atoms with Gasteiger partial charge in [0.05, 0.1) is 11.4 Å². The molecule has 2 aliphatic rings.